The van der Waals surface area contributed by atoms with Crippen molar-refractivity contribution in [3.05, 3.63) is 83.2 Å². The van der Waals surface area contributed by atoms with Gasteiger partial charge in [-0.1, -0.05) is 65.4 Å². The molecule has 0 bridgehead atoms. The van der Waals surface area contributed by atoms with E-state index in [0.29, 0.717) is 18.8 Å². The third kappa shape index (κ3) is 5.46. The van der Waals surface area contributed by atoms with Crippen LogP contribution in [0.3, 0.4) is 0 Å². The highest BCUT2D eigenvalue weighted by molar-refractivity contribution is 7.98. The first-order chi connectivity index (χ1) is 12.7. The summed E-state index contributed by atoms with van der Waals surface area (Å²) < 4.78 is 1.68. The molecule has 0 saturated heterocycles. The van der Waals surface area contributed by atoms with Crippen molar-refractivity contribution < 1.29 is 4.79 Å². The molecule has 1 amide bonds. The molecule has 1 N–H and O–H groups in total. The third-order valence-electron chi connectivity index (χ3n) is 3.88. The summed E-state index contributed by atoms with van der Waals surface area (Å²) in [6.45, 7) is 3.30. The lowest BCUT2D eigenvalue weighted by molar-refractivity contribution is 0.0951. The molecule has 0 aliphatic heterocycles. The van der Waals surface area contributed by atoms with E-state index in [2.05, 4.69) is 46.8 Å². The molecule has 0 atom stereocenters. The van der Waals surface area contributed by atoms with Crippen molar-refractivity contribution in [1.82, 2.24) is 20.3 Å². The van der Waals surface area contributed by atoms with Crippen LogP contribution in [0.1, 0.15) is 27.2 Å². The summed E-state index contributed by atoms with van der Waals surface area (Å²) in [5.74, 6) is 1.63. The molecule has 134 valence electrons. The molecule has 0 aliphatic rings. The van der Waals surface area contributed by atoms with Gasteiger partial charge in [0.15, 0.2) is 5.69 Å². The van der Waals surface area contributed by atoms with E-state index in [1.807, 2.05) is 30.3 Å². The molecule has 0 fully saturated rings. The van der Waals surface area contributed by atoms with Crippen LogP contribution in [0.15, 0.2) is 60.8 Å². The van der Waals surface area contributed by atoms with Crippen LogP contribution in [0, 0.1) is 6.92 Å². The molecule has 1 aromatic heterocycles. The van der Waals surface area contributed by atoms with Crippen molar-refractivity contribution in [3.8, 4) is 0 Å². The van der Waals surface area contributed by atoms with Gasteiger partial charge in [0.05, 0.1) is 12.7 Å². The topological polar surface area (TPSA) is 59.8 Å². The molecule has 2 aromatic carbocycles. The van der Waals surface area contributed by atoms with Gasteiger partial charge in [-0.15, -0.1) is 5.10 Å². The molecule has 26 heavy (non-hydrogen) atoms. The standard InChI is InChI=1S/C20H22N4OS/c1-16-7-9-18(10-8-16)15-26-12-11-21-20(25)19-14-24(23-22-19)13-17-5-3-2-4-6-17/h2-10,14H,11-13,15H2,1H3,(H,21,25). The Hall–Kier alpha value is -2.60. The van der Waals surface area contributed by atoms with E-state index in [0.717, 1.165) is 17.1 Å². The number of rotatable bonds is 8. The Morgan fingerprint density at radius 1 is 1.08 bits per heavy atom. The Kier molecular flexibility index (Phi) is 6.44. The molecule has 0 saturated carbocycles. The lowest BCUT2D eigenvalue weighted by Crippen LogP contribution is -2.26. The van der Waals surface area contributed by atoms with E-state index < -0.39 is 0 Å². The second-order valence-corrected chi connectivity index (χ2v) is 7.19. The minimum atomic E-state index is -0.180. The van der Waals surface area contributed by atoms with Gasteiger partial charge in [-0.25, -0.2) is 4.68 Å². The van der Waals surface area contributed by atoms with E-state index in [-0.39, 0.29) is 5.91 Å². The maximum absolute atomic E-state index is 12.1. The van der Waals surface area contributed by atoms with Gasteiger partial charge in [0, 0.05) is 18.1 Å². The predicted octanol–water partition coefficient (Wildman–Crippen LogP) is 3.30. The highest BCUT2D eigenvalue weighted by atomic mass is 32.2. The highest BCUT2D eigenvalue weighted by Gasteiger charge is 2.10. The maximum Gasteiger partial charge on any atom is 0.273 e. The van der Waals surface area contributed by atoms with Crippen molar-refractivity contribution in [3.63, 3.8) is 0 Å². The number of benzene rings is 2. The normalized spacial score (nSPS) is 10.7. The number of aryl methyl sites for hydroxylation is 1. The summed E-state index contributed by atoms with van der Waals surface area (Å²) in [7, 11) is 0. The number of carbonyl (C=O) groups is 1. The second kappa shape index (κ2) is 9.20. The smallest absolute Gasteiger partial charge is 0.273 e. The number of aromatic nitrogens is 3. The van der Waals surface area contributed by atoms with Gasteiger partial charge < -0.3 is 5.32 Å². The summed E-state index contributed by atoms with van der Waals surface area (Å²) in [5, 5.41) is 10.9. The Balaban J connectivity index is 1.39. The minimum Gasteiger partial charge on any atom is -0.350 e. The first-order valence-corrected chi connectivity index (χ1v) is 9.72. The van der Waals surface area contributed by atoms with Gasteiger partial charge >= 0.3 is 0 Å². The minimum absolute atomic E-state index is 0.180. The number of nitrogens with zero attached hydrogens (tertiary/aromatic N) is 3. The van der Waals surface area contributed by atoms with Crippen LogP contribution in [0.2, 0.25) is 0 Å². The summed E-state index contributed by atoms with van der Waals surface area (Å²) in [6.07, 6.45) is 1.68. The lowest BCUT2D eigenvalue weighted by atomic mass is 10.2. The van der Waals surface area contributed by atoms with Gasteiger partial charge in [0.1, 0.15) is 0 Å². The molecule has 5 nitrogen and oxygen atoms in total. The maximum atomic E-state index is 12.1. The molecule has 6 heteroatoms. The molecular formula is C20H22N4OS. The van der Waals surface area contributed by atoms with Crippen molar-refractivity contribution in [2.75, 3.05) is 12.3 Å². The zero-order valence-electron chi connectivity index (χ0n) is 14.8. The molecule has 0 spiro atoms. The molecule has 0 aliphatic carbocycles. The second-order valence-electron chi connectivity index (χ2n) is 6.08. The van der Waals surface area contributed by atoms with Gasteiger partial charge in [-0.05, 0) is 18.1 Å². The van der Waals surface area contributed by atoms with Crippen LogP contribution in [0.5, 0.6) is 0 Å². The Labute approximate surface area is 157 Å². The van der Waals surface area contributed by atoms with Crippen LogP contribution < -0.4 is 5.32 Å². The third-order valence-corrected chi connectivity index (χ3v) is 4.91. The van der Waals surface area contributed by atoms with Gasteiger partial charge in [0.25, 0.3) is 5.91 Å². The summed E-state index contributed by atoms with van der Waals surface area (Å²) >= 11 is 1.80. The predicted molar refractivity (Wildman–Crippen MR) is 105 cm³/mol. The van der Waals surface area contributed by atoms with Crippen molar-refractivity contribution in [2.24, 2.45) is 0 Å². The van der Waals surface area contributed by atoms with Crippen LogP contribution in [0.4, 0.5) is 0 Å². The molecule has 0 radical (unpaired) electrons. The zero-order chi connectivity index (χ0) is 18.2. The average molecular weight is 366 g/mol. The summed E-state index contributed by atoms with van der Waals surface area (Å²) in [4.78, 5) is 12.1. The first kappa shape index (κ1) is 18.2. The number of nitrogens with one attached hydrogen (secondary N) is 1. The van der Waals surface area contributed by atoms with E-state index in [1.54, 1.807) is 22.6 Å². The Bertz CT molecular complexity index is 831. The van der Waals surface area contributed by atoms with Crippen LogP contribution in [-0.2, 0) is 12.3 Å². The van der Waals surface area contributed by atoms with Crippen LogP contribution >= 0.6 is 11.8 Å². The number of amides is 1. The largest absolute Gasteiger partial charge is 0.350 e. The van der Waals surface area contributed by atoms with Gasteiger partial charge in [0.2, 0.25) is 0 Å². The molecule has 0 unspecified atom stereocenters. The molecule has 1 heterocycles. The summed E-state index contributed by atoms with van der Waals surface area (Å²) in [6, 6.07) is 18.5. The fourth-order valence-electron chi connectivity index (χ4n) is 2.45. The van der Waals surface area contributed by atoms with Gasteiger partial charge in [-0.2, -0.15) is 11.8 Å². The van der Waals surface area contributed by atoms with E-state index in [4.69, 9.17) is 0 Å². The first-order valence-electron chi connectivity index (χ1n) is 8.56. The zero-order valence-corrected chi connectivity index (χ0v) is 15.6. The van der Waals surface area contributed by atoms with E-state index in [1.165, 1.54) is 11.1 Å². The van der Waals surface area contributed by atoms with E-state index in [9.17, 15) is 4.79 Å². The van der Waals surface area contributed by atoms with Crippen LogP contribution in [0.25, 0.3) is 0 Å². The molecular weight excluding hydrogens is 344 g/mol. The average Bonchev–Trinajstić information content (AvgIpc) is 3.12. The van der Waals surface area contributed by atoms with Crippen molar-refractivity contribution >= 4 is 17.7 Å². The quantitative estimate of drug-likeness (QED) is 0.622. The fraction of sp³-hybridized carbons (Fsp3) is 0.250. The molecule has 3 aromatic rings. The Morgan fingerprint density at radius 3 is 2.62 bits per heavy atom. The number of hydrogen-bond donors (Lipinski definition) is 1. The monoisotopic (exact) mass is 366 g/mol. The number of carbonyl (C=O) groups excluding carboxylic acids is 1. The number of hydrogen-bond acceptors (Lipinski definition) is 4. The fourth-order valence-corrected chi connectivity index (χ4v) is 3.27. The SMILES string of the molecule is Cc1ccc(CSCCNC(=O)c2cn(Cc3ccccc3)nn2)cc1. The van der Waals surface area contributed by atoms with Crippen molar-refractivity contribution in [2.45, 2.75) is 19.2 Å². The van der Waals surface area contributed by atoms with E-state index >= 15 is 0 Å². The number of thioether (sulfide) groups is 1. The lowest BCUT2D eigenvalue weighted by Gasteiger charge is -2.04. The van der Waals surface area contributed by atoms with Crippen molar-refractivity contribution in [1.29, 1.82) is 0 Å². The Morgan fingerprint density at radius 2 is 1.85 bits per heavy atom. The van der Waals surface area contributed by atoms with Crippen LogP contribution in [-0.4, -0.2) is 33.2 Å². The summed E-state index contributed by atoms with van der Waals surface area (Å²) in [5.41, 5.74) is 4.04. The highest BCUT2D eigenvalue weighted by Crippen LogP contribution is 2.12. The van der Waals surface area contributed by atoms with Gasteiger partial charge in [-0.3, -0.25) is 4.79 Å². The molecule has 3 rings (SSSR count).